The highest BCUT2D eigenvalue weighted by Crippen LogP contribution is 2.28. The lowest BCUT2D eigenvalue weighted by molar-refractivity contribution is 0.659. The molecule has 0 atom stereocenters. The highest BCUT2D eigenvalue weighted by Gasteiger charge is 2.18. The smallest absolute Gasteiger partial charge is 0.262 e. The van der Waals surface area contributed by atoms with Crippen LogP contribution in [0.15, 0.2) is 23.0 Å². The van der Waals surface area contributed by atoms with Crippen LogP contribution in [0.1, 0.15) is 24.1 Å². The minimum atomic E-state index is 0.105. The molecule has 0 N–H and O–H groups in total. The van der Waals surface area contributed by atoms with Crippen LogP contribution < -0.4 is 5.56 Å². The molecule has 96 valence electrons. The normalized spacial score (nSPS) is 15.0. The van der Waals surface area contributed by atoms with E-state index in [1.807, 2.05) is 18.2 Å². The number of rotatable bonds is 0. The van der Waals surface area contributed by atoms with Crippen LogP contribution >= 0.6 is 22.9 Å². The standard InChI is InChI=1S/C14H11ClN2OS/c15-8-5-6-11-12(7-8)19-14-16-10-4-2-1-3-9(10)13(18)17(11)14/h5-7H,1-4H2. The van der Waals surface area contributed by atoms with Crippen molar-refractivity contribution in [1.29, 1.82) is 0 Å². The van der Waals surface area contributed by atoms with Crippen molar-refractivity contribution in [2.75, 3.05) is 0 Å². The van der Waals surface area contributed by atoms with E-state index in [1.165, 1.54) is 11.3 Å². The van der Waals surface area contributed by atoms with E-state index in [2.05, 4.69) is 4.98 Å². The van der Waals surface area contributed by atoms with Crippen LogP contribution in [0.25, 0.3) is 15.2 Å². The van der Waals surface area contributed by atoms with E-state index in [0.717, 1.165) is 52.1 Å². The van der Waals surface area contributed by atoms with Crippen molar-refractivity contribution in [1.82, 2.24) is 9.38 Å². The summed E-state index contributed by atoms with van der Waals surface area (Å²) in [5, 5.41) is 0.692. The van der Waals surface area contributed by atoms with Gasteiger partial charge in [0.1, 0.15) is 0 Å². The Morgan fingerprint density at radius 1 is 1.26 bits per heavy atom. The van der Waals surface area contributed by atoms with Crippen molar-refractivity contribution in [2.24, 2.45) is 0 Å². The Labute approximate surface area is 118 Å². The highest BCUT2D eigenvalue weighted by atomic mass is 35.5. The number of hydrogen-bond acceptors (Lipinski definition) is 3. The van der Waals surface area contributed by atoms with E-state index in [9.17, 15) is 4.79 Å². The van der Waals surface area contributed by atoms with E-state index in [-0.39, 0.29) is 5.56 Å². The maximum absolute atomic E-state index is 12.6. The first-order chi connectivity index (χ1) is 9.24. The van der Waals surface area contributed by atoms with E-state index < -0.39 is 0 Å². The minimum absolute atomic E-state index is 0.105. The van der Waals surface area contributed by atoms with Gasteiger partial charge in [0.25, 0.3) is 5.56 Å². The van der Waals surface area contributed by atoms with Gasteiger partial charge in [0.05, 0.1) is 15.9 Å². The van der Waals surface area contributed by atoms with Gasteiger partial charge in [-0.05, 0) is 43.9 Å². The van der Waals surface area contributed by atoms with Gasteiger partial charge in [0.15, 0.2) is 4.96 Å². The third-order valence-electron chi connectivity index (χ3n) is 3.69. The largest absolute Gasteiger partial charge is 0.269 e. The van der Waals surface area contributed by atoms with Crippen LogP contribution in [0.4, 0.5) is 0 Å². The summed E-state index contributed by atoms with van der Waals surface area (Å²) in [5.74, 6) is 0. The van der Waals surface area contributed by atoms with Gasteiger partial charge in [-0.3, -0.25) is 9.20 Å². The summed E-state index contributed by atoms with van der Waals surface area (Å²) < 4.78 is 2.75. The fraction of sp³-hybridized carbons (Fsp3) is 0.286. The monoisotopic (exact) mass is 290 g/mol. The zero-order valence-corrected chi connectivity index (χ0v) is 11.7. The second-order valence-electron chi connectivity index (χ2n) is 4.88. The van der Waals surface area contributed by atoms with Crippen LogP contribution in [0, 0.1) is 0 Å². The first-order valence-electron chi connectivity index (χ1n) is 6.36. The third kappa shape index (κ3) is 1.63. The molecule has 5 heteroatoms. The molecular weight excluding hydrogens is 280 g/mol. The quantitative estimate of drug-likeness (QED) is 0.635. The van der Waals surface area contributed by atoms with Gasteiger partial charge in [0, 0.05) is 10.6 Å². The summed E-state index contributed by atoms with van der Waals surface area (Å²) >= 11 is 7.54. The third-order valence-corrected chi connectivity index (χ3v) is 4.92. The number of benzene rings is 1. The molecule has 0 bridgehead atoms. The van der Waals surface area contributed by atoms with Crippen LogP contribution in [0.2, 0.25) is 5.02 Å². The van der Waals surface area contributed by atoms with Crippen molar-refractivity contribution < 1.29 is 0 Å². The van der Waals surface area contributed by atoms with E-state index in [0.29, 0.717) is 5.02 Å². The first kappa shape index (κ1) is 11.4. The number of halogens is 1. The first-order valence-corrected chi connectivity index (χ1v) is 7.56. The number of nitrogens with zero attached hydrogens (tertiary/aromatic N) is 2. The van der Waals surface area contributed by atoms with Crippen LogP contribution in [-0.4, -0.2) is 9.38 Å². The Hall–Kier alpha value is -1.39. The predicted molar refractivity (Wildman–Crippen MR) is 78.5 cm³/mol. The average Bonchev–Trinajstić information content (AvgIpc) is 2.76. The van der Waals surface area contributed by atoms with Gasteiger partial charge < -0.3 is 0 Å². The predicted octanol–water partition coefficient (Wildman–Crippen LogP) is 3.44. The topological polar surface area (TPSA) is 34.4 Å². The number of fused-ring (bicyclic) bond motifs is 4. The number of thiazole rings is 1. The summed E-state index contributed by atoms with van der Waals surface area (Å²) in [4.78, 5) is 18.1. The number of aromatic nitrogens is 2. The maximum atomic E-state index is 12.6. The summed E-state index contributed by atoms with van der Waals surface area (Å²) in [6, 6.07) is 5.62. The lowest BCUT2D eigenvalue weighted by atomic mass is 9.97. The molecule has 3 aromatic rings. The van der Waals surface area contributed by atoms with Crippen LogP contribution in [0.5, 0.6) is 0 Å². The van der Waals surface area contributed by atoms with Crippen molar-refractivity contribution >= 4 is 38.1 Å². The molecule has 0 fully saturated rings. The van der Waals surface area contributed by atoms with Gasteiger partial charge >= 0.3 is 0 Å². The van der Waals surface area contributed by atoms with E-state index in [1.54, 1.807) is 4.40 Å². The molecule has 4 rings (SSSR count). The SMILES string of the molecule is O=c1c2c(nc3sc4cc(Cl)ccc4n13)CCCC2. The maximum Gasteiger partial charge on any atom is 0.262 e. The molecule has 1 aliphatic rings. The summed E-state index contributed by atoms with van der Waals surface area (Å²) in [5.41, 5.74) is 2.91. The Morgan fingerprint density at radius 2 is 2.11 bits per heavy atom. The van der Waals surface area contributed by atoms with Crippen molar-refractivity contribution in [2.45, 2.75) is 25.7 Å². The van der Waals surface area contributed by atoms with Gasteiger partial charge in [-0.1, -0.05) is 22.9 Å². The Morgan fingerprint density at radius 3 is 3.00 bits per heavy atom. The minimum Gasteiger partial charge on any atom is -0.269 e. The van der Waals surface area contributed by atoms with Crippen LogP contribution in [0.3, 0.4) is 0 Å². The van der Waals surface area contributed by atoms with Crippen molar-refractivity contribution in [3.05, 3.63) is 44.8 Å². The Bertz CT molecular complexity index is 865. The number of hydrogen-bond donors (Lipinski definition) is 0. The molecule has 19 heavy (non-hydrogen) atoms. The fourth-order valence-corrected chi connectivity index (χ4v) is 4.08. The number of aryl methyl sites for hydroxylation is 1. The lowest BCUT2D eigenvalue weighted by Crippen LogP contribution is -2.23. The van der Waals surface area contributed by atoms with Gasteiger partial charge in [-0.15, -0.1) is 0 Å². The second kappa shape index (κ2) is 4.05. The summed E-state index contributed by atoms with van der Waals surface area (Å²) in [6.45, 7) is 0. The zero-order valence-electron chi connectivity index (χ0n) is 10.1. The van der Waals surface area contributed by atoms with Crippen molar-refractivity contribution in [3.63, 3.8) is 0 Å². The van der Waals surface area contributed by atoms with E-state index >= 15 is 0 Å². The molecule has 0 saturated carbocycles. The molecule has 0 amide bonds. The van der Waals surface area contributed by atoms with Crippen LogP contribution in [-0.2, 0) is 12.8 Å². The lowest BCUT2D eigenvalue weighted by Gasteiger charge is -2.13. The molecule has 0 spiro atoms. The average molecular weight is 291 g/mol. The molecule has 1 aromatic carbocycles. The Kier molecular flexibility index (Phi) is 2.44. The van der Waals surface area contributed by atoms with Crippen molar-refractivity contribution in [3.8, 4) is 0 Å². The second-order valence-corrected chi connectivity index (χ2v) is 6.33. The van der Waals surface area contributed by atoms with Gasteiger partial charge in [-0.2, -0.15) is 0 Å². The van der Waals surface area contributed by atoms with E-state index in [4.69, 9.17) is 11.6 Å². The zero-order chi connectivity index (χ0) is 13.0. The molecular formula is C14H11ClN2OS. The molecule has 1 aliphatic carbocycles. The molecule has 3 nitrogen and oxygen atoms in total. The molecule has 0 radical (unpaired) electrons. The molecule has 2 aromatic heterocycles. The molecule has 2 heterocycles. The highest BCUT2D eigenvalue weighted by molar-refractivity contribution is 7.23. The molecule has 0 unspecified atom stereocenters. The fourth-order valence-electron chi connectivity index (χ4n) is 2.76. The Balaban J connectivity index is 2.19. The van der Waals surface area contributed by atoms with Gasteiger partial charge in [-0.25, -0.2) is 4.98 Å². The molecule has 0 aliphatic heterocycles. The summed E-state index contributed by atoms with van der Waals surface area (Å²) in [7, 11) is 0. The van der Waals surface area contributed by atoms with Gasteiger partial charge in [0.2, 0.25) is 0 Å². The molecule has 0 saturated heterocycles. The summed E-state index contributed by atoms with van der Waals surface area (Å²) in [6.07, 6.45) is 4.00.